The second-order valence-corrected chi connectivity index (χ2v) is 6.49. The number of hydrogen-bond acceptors (Lipinski definition) is 5. The lowest BCUT2D eigenvalue weighted by Gasteiger charge is -2.35. The van der Waals surface area contributed by atoms with Crippen LogP contribution in [0.2, 0.25) is 0 Å². The molecule has 0 unspecified atom stereocenters. The SMILES string of the molecule is Cl.Cn1cc(CN2CCN(c3nccnc3-c3ccccc3F)CC2)cn1. The highest BCUT2D eigenvalue weighted by atomic mass is 35.5. The molecule has 4 rings (SSSR count). The molecule has 0 N–H and O–H groups in total. The van der Waals surface area contributed by atoms with Crippen LogP contribution in [0.3, 0.4) is 0 Å². The fourth-order valence-electron chi connectivity index (χ4n) is 3.33. The van der Waals surface area contributed by atoms with Crippen LogP contribution in [0.15, 0.2) is 49.1 Å². The minimum Gasteiger partial charge on any atom is -0.352 e. The Balaban J connectivity index is 0.00000210. The molecule has 1 saturated heterocycles. The molecule has 1 aliphatic heterocycles. The van der Waals surface area contributed by atoms with Crippen molar-refractivity contribution in [2.24, 2.45) is 7.05 Å². The molecule has 0 amide bonds. The van der Waals surface area contributed by atoms with E-state index in [1.165, 1.54) is 11.6 Å². The molecule has 0 radical (unpaired) electrons. The second kappa shape index (κ2) is 8.45. The zero-order valence-corrected chi connectivity index (χ0v) is 15.9. The van der Waals surface area contributed by atoms with Crippen LogP contribution in [-0.4, -0.2) is 50.8 Å². The van der Waals surface area contributed by atoms with Gasteiger partial charge in [-0.2, -0.15) is 5.10 Å². The number of rotatable bonds is 4. The van der Waals surface area contributed by atoms with Crippen LogP contribution in [0.25, 0.3) is 11.3 Å². The van der Waals surface area contributed by atoms with Gasteiger partial charge in [-0.15, -0.1) is 12.4 Å². The van der Waals surface area contributed by atoms with Crippen molar-refractivity contribution < 1.29 is 4.39 Å². The lowest BCUT2D eigenvalue weighted by atomic mass is 10.1. The largest absolute Gasteiger partial charge is 0.352 e. The molecule has 6 nitrogen and oxygen atoms in total. The van der Waals surface area contributed by atoms with Crippen LogP contribution in [-0.2, 0) is 13.6 Å². The average Bonchev–Trinajstić information content (AvgIpc) is 3.08. The van der Waals surface area contributed by atoms with Crippen molar-refractivity contribution in [1.82, 2.24) is 24.6 Å². The number of piperazine rings is 1. The lowest BCUT2D eigenvalue weighted by molar-refractivity contribution is 0.249. The zero-order valence-electron chi connectivity index (χ0n) is 15.1. The number of benzene rings is 1. The third-order valence-electron chi connectivity index (χ3n) is 4.64. The Labute approximate surface area is 164 Å². The van der Waals surface area contributed by atoms with Gasteiger partial charge in [0.25, 0.3) is 0 Å². The van der Waals surface area contributed by atoms with Crippen LogP contribution in [0, 0.1) is 5.82 Å². The van der Waals surface area contributed by atoms with Crippen LogP contribution in [0.4, 0.5) is 10.2 Å². The Bertz CT molecular complexity index is 891. The van der Waals surface area contributed by atoms with E-state index in [4.69, 9.17) is 0 Å². The van der Waals surface area contributed by atoms with Crippen molar-refractivity contribution >= 4 is 18.2 Å². The molecule has 0 aliphatic carbocycles. The summed E-state index contributed by atoms with van der Waals surface area (Å²) in [7, 11) is 1.93. The zero-order chi connectivity index (χ0) is 17.9. The minimum absolute atomic E-state index is 0. The van der Waals surface area contributed by atoms with E-state index in [1.807, 2.05) is 30.2 Å². The Kier molecular flexibility index (Phi) is 6.03. The Morgan fingerprint density at radius 1 is 1.04 bits per heavy atom. The maximum Gasteiger partial charge on any atom is 0.155 e. The second-order valence-electron chi connectivity index (χ2n) is 6.49. The van der Waals surface area contributed by atoms with Crippen LogP contribution < -0.4 is 4.90 Å². The monoisotopic (exact) mass is 388 g/mol. The number of aryl methyl sites for hydroxylation is 1. The van der Waals surface area contributed by atoms with Crippen molar-refractivity contribution in [3.05, 3.63) is 60.4 Å². The highest BCUT2D eigenvalue weighted by Crippen LogP contribution is 2.29. The summed E-state index contributed by atoms with van der Waals surface area (Å²) < 4.78 is 16.1. The first kappa shape index (κ1) is 19.3. The van der Waals surface area contributed by atoms with Gasteiger partial charge in [0, 0.05) is 69.5 Å². The molecule has 0 saturated carbocycles. The molecule has 3 aromatic rings. The summed E-state index contributed by atoms with van der Waals surface area (Å²) in [6.07, 6.45) is 7.24. The maximum atomic E-state index is 14.2. The topological polar surface area (TPSA) is 50.1 Å². The van der Waals surface area contributed by atoms with E-state index in [9.17, 15) is 4.39 Å². The highest BCUT2D eigenvalue weighted by molar-refractivity contribution is 5.85. The van der Waals surface area contributed by atoms with Crippen molar-refractivity contribution in [3.63, 3.8) is 0 Å². The third kappa shape index (κ3) is 4.26. The minimum atomic E-state index is -0.274. The summed E-state index contributed by atoms with van der Waals surface area (Å²) in [5.74, 6) is 0.475. The van der Waals surface area contributed by atoms with Crippen LogP contribution in [0.1, 0.15) is 5.56 Å². The molecule has 1 aromatic carbocycles. The van der Waals surface area contributed by atoms with E-state index in [0.717, 1.165) is 38.5 Å². The van der Waals surface area contributed by atoms with Gasteiger partial charge in [0.1, 0.15) is 11.5 Å². The molecule has 3 heterocycles. The molecule has 1 aliphatic rings. The maximum absolute atomic E-state index is 14.2. The third-order valence-corrected chi connectivity index (χ3v) is 4.64. The number of halogens is 2. The van der Waals surface area contributed by atoms with Gasteiger partial charge in [-0.05, 0) is 12.1 Å². The van der Waals surface area contributed by atoms with E-state index < -0.39 is 0 Å². The van der Waals surface area contributed by atoms with Crippen molar-refractivity contribution in [2.75, 3.05) is 31.1 Å². The van der Waals surface area contributed by atoms with Gasteiger partial charge in [-0.25, -0.2) is 9.37 Å². The van der Waals surface area contributed by atoms with Gasteiger partial charge in [0.2, 0.25) is 0 Å². The molecule has 0 spiro atoms. The summed E-state index contributed by atoms with van der Waals surface area (Å²) in [5, 5.41) is 4.22. The first-order valence-electron chi connectivity index (χ1n) is 8.71. The fraction of sp³-hybridized carbons (Fsp3) is 0.316. The Morgan fingerprint density at radius 2 is 1.78 bits per heavy atom. The first-order valence-corrected chi connectivity index (χ1v) is 8.71. The number of aromatic nitrogens is 4. The van der Waals surface area contributed by atoms with Gasteiger partial charge >= 0.3 is 0 Å². The van der Waals surface area contributed by atoms with Crippen molar-refractivity contribution in [2.45, 2.75) is 6.54 Å². The lowest BCUT2D eigenvalue weighted by Crippen LogP contribution is -2.46. The van der Waals surface area contributed by atoms with Crippen LogP contribution in [0.5, 0.6) is 0 Å². The van der Waals surface area contributed by atoms with Crippen molar-refractivity contribution in [1.29, 1.82) is 0 Å². The molecule has 27 heavy (non-hydrogen) atoms. The molecule has 0 bridgehead atoms. The predicted octanol–water partition coefficient (Wildman–Crippen LogP) is 2.76. The smallest absolute Gasteiger partial charge is 0.155 e. The van der Waals surface area contributed by atoms with Gasteiger partial charge in [0.15, 0.2) is 5.82 Å². The first-order chi connectivity index (χ1) is 12.7. The molecule has 8 heteroatoms. The summed E-state index contributed by atoms with van der Waals surface area (Å²) in [6.45, 7) is 4.40. The van der Waals surface area contributed by atoms with Gasteiger partial charge < -0.3 is 4.90 Å². The number of nitrogens with zero attached hydrogens (tertiary/aromatic N) is 6. The van der Waals surface area contributed by atoms with Crippen LogP contribution >= 0.6 is 12.4 Å². The molecule has 0 atom stereocenters. The van der Waals surface area contributed by atoms with Gasteiger partial charge in [-0.3, -0.25) is 14.6 Å². The molecule has 2 aromatic heterocycles. The quantitative estimate of drug-likeness (QED) is 0.687. The fourth-order valence-corrected chi connectivity index (χ4v) is 3.33. The average molecular weight is 389 g/mol. The van der Waals surface area contributed by atoms with E-state index in [0.29, 0.717) is 11.3 Å². The Hall–Kier alpha value is -2.51. The summed E-state index contributed by atoms with van der Waals surface area (Å²) in [6, 6.07) is 6.72. The molecular weight excluding hydrogens is 367 g/mol. The number of anilines is 1. The van der Waals surface area contributed by atoms with E-state index in [1.54, 1.807) is 24.5 Å². The number of hydrogen-bond donors (Lipinski definition) is 0. The summed E-state index contributed by atoms with van der Waals surface area (Å²) >= 11 is 0. The van der Waals surface area contributed by atoms with E-state index in [2.05, 4.69) is 24.9 Å². The summed E-state index contributed by atoms with van der Waals surface area (Å²) in [4.78, 5) is 13.5. The Morgan fingerprint density at radius 3 is 2.48 bits per heavy atom. The summed E-state index contributed by atoms with van der Waals surface area (Å²) in [5.41, 5.74) is 2.31. The van der Waals surface area contributed by atoms with Crippen molar-refractivity contribution in [3.8, 4) is 11.3 Å². The standard InChI is InChI=1S/C19H21FN6.ClH/c1-24-13-15(12-23-24)14-25-8-10-26(11-9-25)19-18(21-6-7-22-19)16-4-2-3-5-17(16)20;/h2-7,12-13H,8-11,14H2,1H3;1H. The van der Waals surface area contributed by atoms with E-state index in [-0.39, 0.29) is 18.2 Å². The molecule has 1 fully saturated rings. The van der Waals surface area contributed by atoms with E-state index >= 15 is 0 Å². The molecular formula is C19H22ClFN6. The van der Waals surface area contributed by atoms with Gasteiger partial charge in [-0.1, -0.05) is 12.1 Å². The van der Waals surface area contributed by atoms with Gasteiger partial charge in [0.05, 0.1) is 6.20 Å². The predicted molar refractivity (Wildman–Crippen MR) is 105 cm³/mol. The normalized spacial score (nSPS) is 14.8. The molecule has 142 valence electrons. The highest BCUT2D eigenvalue weighted by Gasteiger charge is 2.22.